The predicted octanol–water partition coefficient (Wildman–Crippen LogP) is 2.25. The zero-order chi connectivity index (χ0) is 21.0. The first-order valence-corrected chi connectivity index (χ1v) is 10.0. The monoisotopic (exact) mass is 416 g/mol. The number of halogens is 1. The van der Waals surface area contributed by atoms with E-state index in [1.54, 1.807) is 17.5 Å². The molecule has 0 saturated heterocycles. The van der Waals surface area contributed by atoms with Crippen molar-refractivity contribution >= 4 is 33.4 Å². The van der Waals surface area contributed by atoms with Crippen molar-refractivity contribution in [1.82, 2.24) is 19.8 Å². The van der Waals surface area contributed by atoms with Gasteiger partial charge in [-0.15, -0.1) is 11.3 Å². The van der Waals surface area contributed by atoms with Gasteiger partial charge >= 0.3 is 0 Å². The fourth-order valence-corrected chi connectivity index (χ4v) is 3.72. The van der Waals surface area contributed by atoms with E-state index >= 15 is 0 Å². The van der Waals surface area contributed by atoms with E-state index in [4.69, 9.17) is 0 Å². The smallest absolute Gasteiger partial charge is 0.263 e. The number of carbonyl (C=O) groups is 2. The van der Waals surface area contributed by atoms with Crippen molar-refractivity contribution in [2.24, 2.45) is 0 Å². The van der Waals surface area contributed by atoms with E-state index in [-0.39, 0.29) is 36.3 Å². The third-order valence-corrected chi connectivity index (χ3v) is 5.29. The number of fused-ring (bicyclic) bond motifs is 1. The number of carbonyl (C=O) groups excluding carboxylic acids is 2. The van der Waals surface area contributed by atoms with Crippen LogP contribution < -0.4 is 10.9 Å². The van der Waals surface area contributed by atoms with E-state index in [0.717, 1.165) is 6.42 Å². The lowest BCUT2D eigenvalue weighted by atomic mass is 10.1. The average Bonchev–Trinajstić information content (AvgIpc) is 3.14. The summed E-state index contributed by atoms with van der Waals surface area (Å²) in [5, 5.41) is 4.89. The van der Waals surface area contributed by atoms with Gasteiger partial charge in [-0.2, -0.15) is 0 Å². The van der Waals surface area contributed by atoms with Gasteiger partial charge in [-0.25, -0.2) is 9.37 Å². The van der Waals surface area contributed by atoms with Crippen LogP contribution in [0.1, 0.15) is 13.3 Å². The zero-order valence-corrected chi connectivity index (χ0v) is 17.0. The number of aromatic nitrogens is 2. The molecule has 0 radical (unpaired) electrons. The highest BCUT2D eigenvalue weighted by Crippen LogP contribution is 2.30. The molecule has 0 bridgehead atoms. The lowest BCUT2D eigenvalue weighted by Gasteiger charge is -2.17. The quantitative estimate of drug-likeness (QED) is 0.640. The molecule has 0 saturated carbocycles. The van der Waals surface area contributed by atoms with Gasteiger partial charge in [0.15, 0.2) is 0 Å². The third-order valence-electron chi connectivity index (χ3n) is 4.40. The molecule has 0 unspecified atom stereocenters. The minimum atomic E-state index is -0.376. The third kappa shape index (κ3) is 4.68. The minimum Gasteiger partial charge on any atom is -0.355 e. The molecule has 0 spiro atoms. The molecule has 9 heteroatoms. The summed E-state index contributed by atoms with van der Waals surface area (Å²) in [5.74, 6) is -0.987. The van der Waals surface area contributed by atoms with Crippen LogP contribution in [0.4, 0.5) is 4.39 Å². The summed E-state index contributed by atoms with van der Waals surface area (Å²) in [4.78, 5) is 43.3. The van der Waals surface area contributed by atoms with Crippen molar-refractivity contribution in [2.75, 3.05) is 20.1 Å². The van der Waals surface area contributed by atoms with Crippen molar-refractivity contribution < 1.29 is 14.0 Å². The maximum Gasteiger partial charge on any atom is 0.263 e. The van der Waals surface area contributed by atoms with Gasteiger partial charge in [-0.3, -0.25) is 19.0 Å². The number of nitrogens with zero attached hydrogens (tertiary/aromatic N) is 3. The second-order valence-corrected chi connectivity index (χ2v) is 7.47. The average molecular weight is 416 g/mol. The fraction of sp³-hybridized carbons (Fsp3) is 0.300. The summed E-state index contributed by atoms with van der Waals surface area (Å²) in [6.07, 6.45) is 2.14. The molecule has 3 rings (SSSR count). The SMILES string of the molecule is CCCNC(=O)CN(C)C(=O)Cn1cnc2scc(-c3ccc(F)cc3)c2c1=O. The molecule has 0 fully saturated rings. The summed E-state index contributed by atoms with van der Waals surface area (Å²) in [5.41, 5.74) is 0.995. The zero-order valence-electron chi connectivity index (χ0n) is 16.1. The van der Waals surface area contributed by atoms with Crippen LogP contribution in [0, 0.1) is 5.82 Å². The number of benzene rings is 1. The van der Waals surface area contributed by atoms with E-state index in [9.17, 15) is 18.8 Å². The number of likely N-dealkylation sites (N-methyl/N-ethyl adjacent to an activating group) is 1. The normalized spacial score (nSPS) is 10.9. The van der Waals surface area contributed by atoms with E-state index in [0.29, 0.717) is 27.9 Å². The van der Waals surface area contributed by atoms with Gasteiger partial charge in [0.25, 0.3) is 5.56 Å². The van der Waals surface area contributed by atoms with Crippen LogP contribution >= 0.6 is 11.3 Å². The second-order valence-electron chi connectivity index (χ2n) is 6.61. The van der Waals surface area contributed by atoms with Crippen LogP contribution in [0.3, 0.4) is 0 Å². The Balaban J connectivity index is 1.83. The maximum atomic E-state index is 13.2. The standard InChI is InChI=1S/C20H21FN4O3S/c1-3-8-22-16(26)9-24(2)17(27)10-25-12-23-19-18(20(25)28)15(11-29-19)13-4-6-14(21)7-5-13/h4-7,11-12H,3,8-10H2,1-2H3,(H,22,26). The molecular formula is C20H21FN4O3S. The van der Waals surface area contributed by atoms with Crippen LogP contribution in [0.2, 0.25) is 0 Å². The van der Waals surface area contributed by atoms with Crippen molar-refractivity contribution in [2.45, 2.75) is 19.9 Å². The van der Waals surface area contributed by atoms with Crippen molar-refractivity contribution in [3.8, 4) is 11.1 Å². The summed E-state index contributed by atoms with van der Waals surface area (Å²) in [7, 11) is 1.51. The van der Waals surface area contributed by atoms with Crippen LogP contribution in [-0.4, -0.2) is 46.4 Å². The molecule has 2 heterocycles. The van der Waals surface area contributed by atoms with E-state index in [2.05, 4.69) is 10.3 Å². The molecule has 2 amide bonds. The highest BCUT2D eigenvalue weighted by atomic mass is 32.1. The highest BCUT2D eigenvalue weighted by molar-refractivity contribution is 7.17. The second kappa shape index (κ2) is 8.95. The lowest BCUT2D eigenvalue weighted by molar-refractivity contribution is -0.135. The van der Waals surface area contributed by atoms with Gasteiger partial charge in [0.1, 0.15) is 17.2 Å². The lowest BCUT2D eigenvalue weighted by Crippen LogP contribution is -2.41. The fourth-order valence-electron chi connectivity index (χ4n) is 2.81. The topological polar surface area (TPSA) is 84.3 Å². The van der Waals surface area contributed by atoms with Crippen molar-refractivity contribution in [3.63, 3.8) is 0 Å². The first kappa shape index (κ1) is 20.7. The molecule has 0 aliphatic rings. The Morgan fingerprint density at radius 3 is 2.69 bits per heavy atom. The largest absolute Gasteiger partial charge is 0.355 e. The van der Waals surface area contributed by atoms with Gasteiger partial charge < -0.3 is 10.2 Å². The number of hydrogen-bond donors (Lipinski definition) is 1. The molecule has 152 valence electrons. The van der Waals surface area contributed by atoms with E-state index < -0.39 is 0 Å². The molecular weight excluding hydrogens is 395 g/mol. The molecule has 7 nitrogen and oxygen atoms in total. The number of hydrogen-bond acceptors (Lipinski definition) is 5. The number of amides is 2. The molecule has 2 aromatic heterocycles. The van der Waals surface area contributed by atoms with Gasteiger partial charge in [-0.1, -0.05) is 19.1 Å². The molecule has 1 aromatic carbocycles. The Labute approximate surface area is 170 Å². The van der Waals surface area contributed by atoms with Crippen molar-refractivity contribution in [1.29, 1.82) is 0 Å². The van der Waals surface area contributed by atoms with Gasteiger partial charge in [0.2, 0.25) is 11.8 Å². The molecule has 29 heavy (non-hydrogen) atoms. The van der Waals surface area contributed by atoms with Crippen molar-refractivity contribution in [3.05, 3.63) is 52.1 Å². The molecule has 3 aromatic rings. The highest BCUT2D eigenvalue weighted by Gasteiger charge is 2.17. The number of thiophene rings is 1. The summed E-state index contributed by atoms with van der Waals surface area (Å²) >= 11 is 1.31. The minimum absolute atomic E-state index is 0.0808. The van der Waals surface area contributed by atoms with Gasteiger partial charge in [-0.05, 0) is 24.1 Å². The Bertz CT molecular complexity index is 1090. The summed E-state index contributed by atoms with van der Waals surface area (Å²) in [6, 6.07) is 5.86. The summed E-state index contributed by atoms with van der Waals surface area (Å²) < 4.78 is 14.4. The first-order valence-electron chi connectivity index (χ1n) is 9.14. The molecule has 0 atom stereocenters. The summed E-state index contributed by atoms with van der Waals surface area (Å²) in [6.45, 7) is 2.18. The Morgan fingerprint density at radius 2 is 2.00 bits per heavy atom. The van der Waals surface area contributed by atoms with E-state index in [1.807, 2.05) is 6.92 Å². The van der Waals surface area contributed by atoms with E-state index in [1.165, 1.54) is 46.3 Å². The maximum absolute atomic E-state index is 13.2. The Morgan fingerprint density at radius 1 is 1.28 bits per heavy atom. The predicted molar refractivity (Wildman–Crippen MR) is 110 cm³/mol. The number of nitrogens with one attached hydrogen (secondary N) is 1. The van der Waals surface area contributed by atoms with Gasteiger partial charge in [0, 0.05) is 24.5 Å². The molecule has 0 aliphatic carbocycles. The van der Waals surface area contributed by atoms with Crippen LogP contribution in [0.5, 0.6) is 0 Å². The van der Waals surface area contributed by atoms with Crippen LogP contribution in [-0.2, 0) is 16.1 Å². The molecule has 0 aliphatic heterocycles. The Hall–Kier alpha value is -3.07. The van der Waals surface area contributed by atoms with Crippen LogP contribution in [0.15, 0.2) is 40.8 Å². The Kier molecular flexibility index (Phi) is 6.38. The first-order chi connectivity index (χ1) is 13.9. The molecule has 1 N–H and O–H groups in total. The van der Waals surface area contributed by atoms with Gasteiger partial charge in [0.05, 0.1) is 18.3 Å². The van der Waals surface area contributed by atoms with Crippen LogP contribution in [0.25, 0.3) is 21.3 Å². The number of rotatable bonds is 7.